The molecule has 2 unspecified atom stereocenters. The van der Waals surface area contributed by atoms with Gasteiger partial charge in [0.15, 0.2) is 0 Å². The molecule has 0 bridgehead atoms. The smallest absolute Gasteiger partial charge is 0.0915 e. The fourth-order valence-electron chi connectivity index (χ4n) is 3.14. The van der Waals surface area contributed by atoms with Gasteiger partial charge in [-0.05, 0) is 48.2 Å². The molecule has 2 atom stereocenters. The number of aryl methyl sites for hydroxylation is 2. The maximum absolute atomic E-state index is 10.5. The zero-order valence-corrected chi connectivity index (χ0v) is 14.7. The first-order valence-corrected chi connectivity index (χ1v) is 8.58. The SMILES string of the molecule is Cc1ccc(C(NCC(O)c2ccncc2)c2ccccc2)c(C)c1. The second-order valence-electron chi connectivity index (χ2n) is 6.41. The zero-order chi connectivity index (χ0) is 17.6. The maximum Gasteiger partial charge on any atom is 0.0915 e. The molecule has 3 aromatic rings. The van der Waals surface area contributed by atoms with E-state index in [1.807, 2.05) is 30.3 Å². The highest BCUT2D eigenvalue weighted by atomic mass is 16.3. The first kappa shape index (κ1) is 17.3. The van der Waals surface area contributed by atoms with Crippen LogP contribution in [0, 0.1) is 13.8 Å². The number of aliphatic hydroxyl groups is 1. The van der Waals surface area contributed by atoms with Crippen molar-refractivity contribution in [1.82, 2.24) is 10.3 Å². The minimum atomic E-state index is -0.569. The van der Waals surface area contributed by atoms with E-state index in [0.29, 0.717) is 6.54 Å². The van der Waals surface area contributed by atoms with Crippen molar-refractivity contribution in [2.75, 3.05) is 6.54 Å². The van der Waals surface area contributed by atoms with Crippen LogP contribution in [0.5, 0.6) is 0 Å². The van der Waals surface area contributed by atoms with Crippen LogP contribution in [0.1, 0.15) is 40.0 Å². The van der Waals surface area contributed by atoms with Crippen LogP contribution in [0.25, 0.3) is 0 Å². The summed E-state index contributed by atoms with van der Waals surface area (Å²) in [6, 6.07) is 20.6. The molecule has 0 aliphatic rings. The standard InChI is InChI=1S/C22H24N2O/c1-16-8-9-20(17(2)14-16)22(19-6-4-3-5-7-19)24-15-21(25)18-10-12-23-13-11-18/h3-14,21-22,24-25H,15H2,1-2H3. The Labute approximate surface area is 149 Å². The van der Waals surface area contributed by atoms with Crippen LogP contribution in [-0.2, 0) is 0 Å². The van der Waals surface area contributed by atoms with Crippen molar-refractivity contribution in [1.29, 1.82) is 0 Å². The van der Waals surface area contributed by atoms with E-state index in [-0.39, 0.29) is 6.04 Å². The van der Waals surface area contributed by atoms with E-state index in [9.17, 15) is 5.11 Å². The highest BCUT2D eigenvalue weighted by Crippen LogP contribution is 2.26. The first-order chi connectivity index (χ1) is 12.1. The van der Waals surface area contributed by atoms with Gasteiger partial charge in [-0.2, -0.15) is 0 Å². The summed E-state index contributed by atoms with van der Waals surface area (Å²) in [6.07, 6.45) is 2.84. The predicted octanol–water partition coefficient (Wildman–Crippen LogP) is 4.11. The monoisotopic (exact) mass is 332 g/mol. The van der Waals surface area contributed by atoms with Crippen molar-refractivity contribution in [3.05, 3.63) is 101 Å². The Kier molecular flexibility index (Phi) is 5.59. The van der Waals surface area contributed by atoms with Crippen LogP contribution in [0.15, 0.2) is 73.1 Å². The van der Waals surface area contributed by atoms with E-state index in [4.69, 9.17) is 0 Å². The molecular weight excluding hydrogens is 308 g/mol. The van der Waals surface area contributed by atoms with Crippen LogP contribution in [0.4, 0.5) is 0 Å². The average Bonchev–Trinajstić information content (AvgIpc) is 2.64. The fourth-order valence-corrected chi connectivity index (χ4v) is 3.14. The number of aliphatic hydroxyl groups excluding tert-OH is 1. The molecule has 0 amide bonds. The summed E-state index contributed by atoms with van der Waals surface area (Å²) in [5, 5.41) is 14.0. The van der Waals surface area contributed by atoms with Gasteiger partial charge >= 0.3 is 0 Å². The van der Waals surface area contributed by atoms with Crippen molar-refractivity contribution in [2.24, 2.45) is 0 Å². The highest BCUT2D eigenvalue weighted by Gasteiger charge is 2.17. The van der Waals surface area contributed by atoms with E-state index >= 15 is 0 Å². The molecule has 0 aliphatic carbocycles. The minimum Gasteiger partial charge on any atom is -0.387 e. The van der Waals surface area contributed by atoms with Gasteiger partial charge in [-0.25, -0.2) is 0 Å². The molecule has 0 fully saturated rings. The van der Waals surface area contributed by atoms with Gasteiger partial charge in [-0.15, -0.1) is 0 Å². The second kappa shape index (κ2) is 8.06. The molecule has 0 saturated heterocycles. The van der Waals surface area contributed by atoms with Gasteiger partial charge in [0.1, 0.15) is 0 Å². The number of hydrogen-bond donors (Lipinski definition) is 2. The number of nitrogens with one attached hydrogen (secondary N) is 1. The van der Waals surface area contributed by atoms with E-state index < -0.39 is 6.10 Å². The summed E-state index contributed by atoms with van der Waals surface area (Å²) in [5.41, 5.74) is 5.80. The second-order valence-corrected chi connectivity index (χ2v) is 6.41. The van der Waals surface area contributed by atoms with Gasteiger partial charge < -0.3 is 10.4 Å². The van der Waals surface area contributed by atoms with E-state index in [1.165, 1.54) is 22.3 Å². The van der Waals surface area contributed by atoms with Crippen molar-refractivity contribution in [3.8, 4) is 0 Å². The number of rotatable bonds is 6. The molecule has 1 heterocycles. The number of benzene rings is 2. The molecule has 25 heavy (non-hydrogen) atoms. The summed E-state index contributed by atoms with van der Waals surface area (Å²) < 4.78 is 0. The minimum absolute atomic E-state index is 0.0401. The molecule has 1 aromatic heterocycles. The molecule has 2 N–H and O–H groups in total. The number of hydrogen-bond acceptors (Lipinski definition) is 3. The predicted molar refractivity (Wildman–Crippen MR) is 101 cm³/mol. The molecule has 128 valence electrons. The number of aromatic nitrogens is 1. The normalized spacial score (nSPS) is 13.4. The quantitative estimate of drug-likeness (QED) is 0.714. The number of pyridine rings is 1. The van der Waals surface area contributed by atoms with Gasteiger partial charge in [0, 0.05) is 18.9 Å². The van der Waals surface area contributed by atoms with E-state index in [1.54, 1.807) is 12.4 Å². The summed E-state index contributed by atoms with van der Waals surface area (Å²) >= 11 is 0. The van der Waals surface area contributed by atoms with Crippen LogP contribution >= 0.6 is 0 Å². The van der Waals surface area contributed by atoms with Crippen molar-refractivity contribution in [3.63, 3.8) is 0 Å². The third kappa shape index (κ3) is 4.32. The van der Waals surface area contributed by atoms with Gasteiger partial charge in [0.05, 0.1) is 12.1 Å². The van der Waals surface area contributed by atoms with Gasteiger partial charge in [-0.3, -0.25) is 4.98 Å². The molecule has 0 radical (unpaired) electrons. The summed E-state index contributed by atoms with van der Waals surface area (Å²) in [6.45, 7) is 4.71. The summed E-state index contributed by atoms with van der Waals surface area (Å²) in [7, 11) is 0. The highest BCUT2D eigenvalue weighted by molar-refractivity contribution is 5.39. The van der Waals surface area contributed by atoms with Crippen LogP contribution < -0.4 is 5.32 Å². The van der Waals surface area contributed by atoms with Crippen LogP contribution in [0.2, 0.25) is 0 Å². The van der Waals surface area contributed by atoms with Crippen molar-refractivity contribution < 1.29 is 5.11 Å². The third-order valence-electron chi connectivity index (χ3n) is 4.48. The molecule has 3 heteroatoms. The van der Waals surface area contributed by atoms with Gasteiger partial charge in [0.2, 0.25) is 0 Å². The Bertz CT molecular complexity index is 803. The van der Waals surface area contributed by atoms with Crippen LogP contribution in [-0.4, -0.2) is 16.6 Å². The zero-order valence-electron chi connectivity index (χ0n) is 14.7. The Morgan fingerprint density at radius 1 is 0.920 bits per heavy atom. The van der Waals surface area contributed by atoms with Gasteiger partial charge in [-0.1, -0.05) is 54.1 Å². The van der Waals surface area contributed by atoms with E-state index in [2.05, 4.69) is 54.5 Å². The molecule has 0 spiro atoms. The Balaban J connectivity index is 1.85. The lowest BCUT2D eigenvalue weighted by Gasteiger charge is -2.24. The van der Waals surface area contributed by atoms with Gasteiger partial charge in [0.25, 0.3) is 0 Å². The van der Waals surface area contributed by atoms with Crippen LogP contribution in [0.3, 0.4) is 0 Å². The molecular formula is C22H24N2O. The third-order valence-corrected chi connectivity index (χ3v) is 4.48. The van der Waals surface area contributed by atoms with Crippen molar-refractivity contribution in [2.45, 2.75) is 26.0 Å². The maximum atomic E-state index is 10.5. The Morgan fingerprint density at radius 3 is 2.32 bits per heavy atom. The molecule has 3 rings (SSSR count). The largest absolute Gasteiger partial charge is 0.387 e. The molecule has 0 aliphatic heterocycles. The average molecular weight is 332 g/mol. The van der Waals surface area contributed by atoms with E-state index in [0.717, 1.165) is 5.56 Å². The Hall–Kier alpha value is -2.49. The first-order valence-electron chi connectivity index (χ1n) is 8.58. The lowest BCUT2D eigenvalue weighted by Crippen LogP contribution is -2.28. The topological polar surface area (TPSA) is 45.1 Å². The van der Waals surface area contributed by atoms with Crippen molar-refractivity contribution >= 4 is 0 Å². The molecule has 0 saturated carbocycles. The summed E-state index contributed by atoms with van der Waals surface area (Å²) in [5.74, 6) is 0. The Morgan fingerprint density at radius 2 is 1.64 bits per heavy atom. The molecule has 2 aromatic carbocycles. The lowest BCUT2D eigenvalue weighted by atomic mass is 9.93. The summed E-state index contributed by atoms with van der Waals surface area (Å²) in [4.78, 5) is 4.01. The fraction of sp³-hybridized carbons (Fsp3) is 0.227. The number of nitrogens with zero attached hydrogens (tertiary/aromatic N) is 1. The molecule has 3 nitrogen and oxygen atoms in total. The lowest BCUT2D eigenvalue weighted by molar-refractivity contribution is 0.171.